The number of benzene rings is 1. The lowest BCUT2D eigenvalue weighted by Crippen LogP contribution is -2.48. The van der Waals surface area contributed by atoms with Crippen molar-refractivity contribution in [2.75, 3.05) is 18.4 Å². The average Bonchev–Trinajstić information content (AvgIpc) is 2.55. The van der Waals surface area contributed by atoms with E-state index in [1.54, 1.807) is 0 Å². The SMILES string of the molecule is CC1CCN(S(=O)(=O)NC(=O)Nc2c(C(C)C)cc(Cl)cc2C(C)C)CC1. The van der Waals surface area contributed by atoms with Gasteiger partial charge in [-0.2, -0.15) is 12.7 Å². The van der Waals surface area contributed by atoms with Gasteiger partial charge in [0.1, 0.15) is 0 Å². The fourth-order valence-electron chi connectivity index (χ4n) is 3.25. The Morgan fingerprint density at radius 1 is 1.11 bits per heavy atom. The summed E-state index contributed by atoms with van der Waals surface area (Å²) in [5.74, 6) is 0.745. The monoisotopic (exact) mass is 415 g/mol. The Labute approximate surface area is 167 Å². The molecule has 0 saturated carbocycles. The number of hydrogen-bond acceptors (Lipinski definition) is 3. The minimum atomic E-state index is -3.86. The molecular weight excluding hydrogens is 386 g/mol. The smallest absolute Gasteiger partial charge is 0.307 e. The van der Waals surface area contributed by atoms with Gasteiger partial charge in [-0.1, -0.05) is 46.2 Å². The molecule has 152 valence electrons. The summed E-state index contributed by atoms with van der Waals surface area (Å²) in [6.45, 7) is 11.0. The van der Waals surface area contributed by atoms with Gasteiger partial charge in [-0.15, -0.1) is 0 Å². The third-order valence-electron chi connectivity index (χ3n) is 4.95. The lowest BCUT2D eigenvalue weighted by Gasteiger charge is -2.29. The van der Waals surface area contributed by atoms with Crippen molar-refractivity contribution in [2.24, 2.45) is 5.92 Å². The summed E-state index contributed by atoms with van der Waals surface area (Å²) in [6, 6.07) is 2.88. The van der Waals surface area contributed by atoms with Gasteiger partial charge in [0.25, 0.3) is 0 Å². The van der Waals surface area contributed by atoms with E-state index in [1.807, 2.05) is 39.8 Å². The Balaban J connectivity index is 2.22. The molecule has 0 radical (unpaired) electrons. The fourth-order valence-corrected chi connectivity index (χ4v) is 4.59. The van der Waals surface area contributed by atoms with Crippen LogP contribution in [0.3, 0.4) is 0 Å². The minimum absolute atomic E-state index is 0.122. The predicted octanol–water partition coefficient (Wildman–Crippen LogP) is 4.69. The molecular formula is C19H30ClN3O3S. The maximum atomic E-state index is 12.5. The number of hydrogen-bond donors (Lipinski definition) is 2. The highest BCUT2D eigenvalue weighted by Gasteiger charge is 2.28. The summed E-state index contributed by atoms with van der Waals surface area (Å²) in [6.07, 6.45) is 1.60. The van der Waals surface area contributed by atoms with E-state index >= 15 is 0 Å². The van der Waals surface area contributed by atoms with Crippen molar-refractivity contribution in [3.05, 3.63) is 28.3 Å². The molecule has 6 nitrogen and oxygen atoms in total. The summed E-state index contributed by atoms with van der Waals surface area (Å²) < 4.78 is 28.5. The topological polar surface area (TPSA) is 78.5 Å². The maximum Gasteiger partial charge on any atom is 0.333 e. The van der Waals surface area contributed by atoms with Gasteiger partial charge < -0.3 is 5.32 Å². The van der Waals surface area contributed by atoms with E-state index in [9.17, 15) is 13.2 Å². The number of rotatable bonds is 5. The summed E-state index contributed by atoms with van der Waals surface area (Å²) in [7, 11) is -3.86. The van der Waals surface area contributed by atoms with Crippen LogP contribution < -0.4 is 10.0 Å². The number of nitrogens with one attached hydrogen (secondary N) is 2. The Kier molecular flexibility index (Phi) is 7.16. The van der Waals surface area contributed by atoms with Crippen LogP contribution in [0.2, 0.25) is 5.02 Å². The minimum Gasteiger partial charge on any atom is -0.307 e. The second-order valence-corrected chi connectivity index (χ2v) is 10.0. The van der Waals surface area contributed by atoms with Crippen LogP contribution >= 0.6 is 11.6 Å². The third kappa shape index (κ3) is 5.59. The van der Waals surface area contributed by atoms with E-state index in [-0.39, 0.29) is 11.8 Å². The number of halogens is 1. The van der Waals surface area contributed by atoms with Gasteiger partial charge in [0.15, 0.2) is 0 Å². The normalized spacial score (nSPS) is 16.7. The Hall–Kier alpha value is -1.31. The molecule has 0 aliphatic carbocycles. The van der Waals surface area contributed by atoms with Crippen LogP contribution in [-0.4, -0.2) is 31.8 Å². The van der Waals surface area contributed by atoms with Crippen molar-refractivity contribution in [2.45, 2.75) is 59.3 Å². The van der Waals surface area contributed by atoms with Crippen molar-refractivity contribution >= 4 is 33.5 Å². The Morgan fingerprint density at radius 3 is 2.04 bits per heavy atom. The van der Waals surface area contributed by atoms with Crippen molar-refractivity contribution in [1.82, 2.24) is 9.03 Å². The molecule has 0 bridgehead atoms. The average molecular weight is 416 g/mol. The number of nitrogens with zero attached hydrogens (tertiary/aromatic N) is 1. The summed E-state index contributed by atoms with van der Waals surface area (Å²) in [5.41, 5.74) is 2.39. The van der Waals surface area contributed by atoms with Crippen LogP contribution in [0.4, 0.5) is 10.5 Å². The summed E-state index contributed by atoms with van der Waals surface area (Å²) in [5, 5.41) is 3.36. The molecule has 1 fully saturated rings. The van der Waals surface area contributed by atoms with Gasteiger partial charge >= 0.3 is 16.2 Å². The van der Waals surface area contributed by atoms with Gasteiger partial charge in [0, 0.05) is 23.8 Å². The molecule has 0 atom stereocenters. The predicted molar refractivity (Wildman–Crippen MR) is 111 cm³/mol. The highest BCUT2D eigenvalue weighted by atomic mass is 35.5. The molecule has 2 N–H and O–H groups in total. The molecule has 1 heterocycles. The molecule has 1 aromatic rings. The van der Waals surface area contributed by atoms with E-state index in [0.29, 0.717) is 29.7 Å². The van der Waals surface area contributed by atoms with E-state index in [0.717, 1.165) is 24.0 Å². The molecule has 0 unspecified atom stereocenters. The molecule has 1 aliphatic rings. The second-order valence-electron chi connectivity index (χ2n) is 7.91. The molecule has 2 amide bonds. The quantitative estimate of drug-likeness (QED) is 0.732. The lowest BCUT2D eigenvalue weighted by atomic mass is 9.92. The molecule has 0 spiro atoms. The zero-order valence-electron chi connectivity index (χ0n) is 16.7. The molecule has 27 heavy (non-hydrogen) atoms. The van der Waals surface area contributed by atoms with Gasteiger partial charge in [-0.05, 0) is 53.9 Å². The van der Waals surface area contributed by atoms with Crippen LogP contribution in [0.25, 0.3) is 0 Å². The number of urea groups is 1. The van der Waals surface area contributed by atoms with Gasteiger partial charge in [-0.3, -0.25) is 0 Å². The lowest BCUT2D eigenvalue weighted by molar-refractivity contribution is 0.253. The highest BCUT2D eigenvalue weighted by Crippen LogP contribution is 2.35. The van der Waals surface area contributed by atoms with Gasteiger partial charge in [0.05, 0.1) is 0 Å². The number of carbonyl (C=O) groups is 1. The van der Waals surface area contributed by atoms with Crippen LogP contribution in [0, 0.1) is 5.92 Å². The second kappa shape index (κ2) is 8.80. The van der Waals surface area contributed by atoms with Crippen molar-refractivity contribution in [3.63, 3.8) is 0 Å². The first-order chi connectivity index (χ1) is 12.5. The maximum absolute atomic E-state index is 12.5. The van der Waals surface area contributed by atoms with Gasteiger partial charge in [0.2, 0.25) is 0 Å². The van der Waals surface area contributed by atoms with E-state index in [1.165, 1.54) is 4.31 Å². The van der Waals surface area contributed by atoms with Gasteiger partial charge in [-0.25, -0.2) is 9.52 Å². The molecule has 1 saturated heterocycles. The van der Waals surface area contributed by atoms with Crippen LogP contribution in [0.5, 0.6) is 0 Å². The number of piperidine rings is 1. The van der Waals surface area contributed by atoms with E-state index in [2.05, 4.69) is 17.0 Å². The standard InChI is InChI=1S/C19H30ClN3O3S/c1-12(2)16-10-15(20)11-17(13(3)4)18(16)21-19(24)22-27(25,26)23-8-6-14(5)7-9-23/h10-14H,6-9H2,1-5H3,(H2,21,22,24). The zero-order chi connectivity index (χ0) is 20.4. The largest absolute Gasteiger partial charge is 0.333 e. The third-order valence-corrected chi connectivity index (χ3v) is 6.66. The molecule has 0 aromatic heterocycles. The number of amides is 2. The van der Waals surface area contributed by atoms with Crippen LogP contribution in [0.15, 0.2) is 12.1 Å². The molecule has 1 aliphatic heterocycles. The first-order valence-corrected chi connectivity index (χ1v) is 11.2. The highest BCUT2D eigenvalue weighted by molar-refractivity contribution is 7.87. The summed E-state index contributed by atoms with van der Waals surface area (Å²) >= 11 is 6.24. The first kappa shape index (κ1) is 22.0. The number of carbonyl (C=O) groups excluding carboxylic acids is 1. The molecule has 1 aromatic carbocycles. The zero-order valence-corrected chi connectivity index (χ0v) is 18.2. The fraction of sp³-hybridized carbons (Fsp3) is 0.632. The summed E-state index contributed by atoms with van der Waals surface area (Å²) in [4.78, 5) is 12.5. The van der Waals surface area contributed by atoms with Crippen LogP contribution in [-0.2, 0) is 10.2 Å². The Morgan fingerprint density at radius 2 is 1.59 bits per heavy atom. The van der Waals surface area contributed by atoms with Crippen molar-refractivity contribution < 1.29 is 13.2 Å². The number of anilines is 1. The van der Waals surface area contributed by atoms with Crippen molar-refractivity contribution in [3.8, 4) is 0 Å². The van der Waals surface area contributed by atoms with E-state index in [4.69, 9.17) is 11.6 Å². The Bertz CT molecular complexity index is 756. The van der Waals surface area contributed by atoms with Crippen molar-refractivity contribution in [1.29, 1.82) is 0 Å². The molecule has 8 heteroatoms. The molecule has 2 rings (SSSR count). The first-order valence-electron chi connectivity index (χ1n) is 9.43. The van der Waals surface area contributed by atoms with E-state index < -0.39 is 16.2 Å². The van der Waals surface area contributed by atoms with Crippen LogP contribution in [0.1, 0.15) is 70.4 Å².